The summed E-state index contributed by atoms with van der Waals surface area (Å²) in [5.41, 5.74) is 1.21. The summed E-state index contributed by atoms with van der Waals surface area (Å²) in [4.78, 5) is 38.1. The molecule has 3 rings (SSSR count). The van der Waals surface area contributed by atoms with Gasteiger partial charge in [0.2, 0.25) is 5.91 Å². The summed E-state index contributed by atoms with van der Waals surface area (Å²) in [7, 11) is 1.62. The molecule has 10 nitrogen and oxygen atoms in total. The summed E-state index contributed by atoms with van der Waals surface area (Å²) >= 11 is 1.01. The number of aromatic nitrogens is 4. The summed E-state index contributed by atoms with van der Waals surface area (Å²) in [5, 5.41) is 16.7. The molecular weight excluding hydrogens is 408 g/mol. The van der Waals surface area contributed by atoms with Crippen LogP contribution in [0.4, 0.5) is 10.7 Å². The number of hydrogen-bond donors (Lipinski definition) is 2. The minimum Gasteiger partial charge on any atom is -0.462 e. The lowest BCUT2D eigenvalue weighted by Gasteiger charge is -2.07. The molecule has 0 aliphatic rings. The molecule has 2 aromatic heterocycles. The zero-order chi connectivity index (χ0) is 21.7. The molecular formula is C19H20N6O4S. The van der Waals surface area contributed by atoms with E-state index >= 15 is 0 Å². The monoisotopic (exact) mass is 428 g/mol. The van der Waals surface area contributed by atoms with Crippen LogP contribution in [0, 0.1) is 6.92 Å². The first-order chi connectivity index (χ1) is 14.4. The largest absolute Gasteiger partial charge is 0.462 e. The molecule has 2 amide bonds. The smallest absolute Gasteiger partial charge is 0.341 e. The summed E-state index contributed by atoms with van der Waals surface area (Å²) in [6.07, 6.45) is -0.0890. The Kier molecular flexibility index (Phi) is 6.52. The number of esters is 1. The van der Waals surface area contributed by atoms with Crippen LogP contribution >= 0.6 is 11.3 Å². The molecule has 0 spiro atoms. The van der Waals surface area contributed by atoms with Crippen molar-refractivity contribution in [3.8, 4) is 0 Å². The van der Waals surface area contributed by atoms with E-state index in [1.54, 1.807) is 45.2 Å². The lowest BCUT2D eigenvalue weighted by molar-refractivity contribution is -0.115. The number of benzene rings is 1. The standard InChI is InChI=1S/C19H20N6O4S/c1-4-29-19(28)15-11(2)16(17(27)20-12-8-6-5-7-9-12)30-18(15)21-14(26)10-13-22-23-24-25(13)3/h5-9H,4,10H2,1-3H3,(H,20,27)(H,21,26). The Labute approximate surface area is 176 Å². The number of amides is 2. The number of carbonyl (C=O) groups excluding carboxylic acids is 3. The summed E-state index contributed by atoms with van der Waals surface area (Å²) < 4.78 is 6.49. The number of hydrogen-bond acceptors (Lipinski definition) is 8. The van der Waals surface area contributed by atoms with Crippen molar-refractivity contribution in [3.05, 3.63) is 52.2 Å². The average molecular weight is 428 g/mol. The van der Waals surface area contributed by atoms with E-state index < -0.39 is 11.9 Å². The molecule has 2 N–H and O–H groups in total. The Morgan fingerprint density at radius 3 is 2.53 bits per heavy atom. The Balaban J connectivity index is 1.88. The second kappa shape index (κ2) is 9.27. The van der Waals surface area contributed by atoms with Gasteiger partial charge in [-0.25, -0.2) is 9.48 Å². The SMILES string of the molecule is CCOC(=O)c1c(NC(=O)Cc2nnnn2C)sc(C(=O)Nc2ccccc2)c1C. The zero-order valence-electron chi connectivity index (χ0n) is 16.6. The fraction of sp³-hybridized carbons (Fsp3) is 0.263. The highest BCUT2D eigenvalue weighted by Gasteiger charge is 2.27. The van der Waals surface area contributed by atoms with Crippen molar-refractivity contribution < 1.29 is 19.1 Å². The number of aryl methyl sites for hydroxylation is 1. The maximum absolute atomic E-state index is 12.8. The number of thiophene rings is 1. The number of ether oxygens (including phenoxy) is 1. The Bertz CT molecular complexity index is 1080. The van der Waals surface area contributed by atoms with Crippen molar-refractivity contribution >= 4 is 39.8 Å². The fourth-order valence-electron chi connectivity index (χ4n) is 2.69. The number of para-hydroxylation sites is 1. The van der Waals surface area contributed by atoms with E-state index in [4.69, 9.17) is 4.74 Å². The summed E-state index contributed by atoms with van der Waals surface area (Å²) in [6.45, 7) is 3.49. The number of nitrogens with zero attached hydrogens (tertiary/aromatic N) is 4. The first-order valence-corrected chi connectivity index (χ1v) is 9.90. The van der Waals surface area contributed by atoms with Crippen LogP contribution in [-0.4, -0.2) is 44.6 Å². The normalized spacial score (nSPS) is 10.5. The van der Waals surface area contributed by atoms with Gasteiger partial charge in [-0.2, -0.15) is 0 Å². The highest BCUT2D eigenvalue weighted by atomic mass is 32.1. The molecule has 0 fully saturated rings. The molecule has 0 radical (unpaired) electrons. The first-order valence-electron chi connectivity index (χ1n) is 9.08. The van der Waals surface area contributed by atoms with Gasteiger partial charge in [0.05, 0.1) is 23.5 Å². The van der Waals surface area contributed by atoms with Gasteiger partial charge in [0, 0.05) is 12.7 Å². The van der Waals surface area contributed by atoms with E-state index in [0.29, 0.717) is 22.0 Å². The van der Waals surface area contributed by atoms with Crippen molar-refractivity contribution in [1.29, 1.82) is 0 Å². The number of rotatable bonds is 7. The highest BCUT2D eigenvalue weighted by molar-refractivity contribution is 7.18. The topological polar surface area (TPSA) is 128 Å². The molecule has 11 heteroatoms. The van der Waals surface area contributed by atoms with Gasteiger partial charge >= 0.3 is 5.97 Å². The molecule has 0 saturated carbocycles. The van der Waals surface area contributed by atoms with Gasteiger partial charge in [0.15, 0.2) is 5.82 Å². The summed E-state index contributed by atoms with van der Waals surface area (Å²) in [6, 6.07) is 8.95. The van der Waals surface area contributed by atoms with Gasteiger partial charge in [-0.1, -0.05) is 18.2 Å². The average Bonchev–Trinajstić information content (AvgIpc) is 3.25. The molecule has 3 aromatic rings. The van der Waals surface area contributed by atoms with E-state index in [9.17, 15) is 14.4 Å². The van der Waals surface area contributed by atoms with Crippen molar-refractivity contribution in [2.24, 2.45) is 7.05 Å². The number of tetrazole rings is 1. The van der Waals surface area contributed by atoms with Gasteiger partial charge in [0.25, 0.3) is 5.91 Å². The van der Waals surface area contributed by atoms with E-state index in [0.717, 1.165) is 11.3 Å². The zero-order valence-corrected chi connectivity index (χ0v) is 17.4. The molecule has 0 bridgehead atoms. The maximum atomic E-state index is 12.8. The van der Waals surface area contributed by atoms with Crippen LogP contribution < -0.4 is 10.6 Å². The molecule has 0 unspecified atom stereocenters. The van der Waals surface area contributed by atoms with Gasteiger partial charge < -0.3 is 15.4 Å². The van der Waals surface area contributed by atoms with Crippen LogP contribution in [0.2, 0.25) is 0 Å². The quantitative estimate of drug-likeness (QED) is 0.552. The van der Waals surface area contributed by atoms with Crippen LogP contribution in [0.15, 0.2) is 30.3 Å². The third-order valence-electron chi connectivity index (χ3n) is 4.14. The minimum absolute atomic E-state index is 0.0890. The van der Waals surface area contributed by atoms with Crippen molar-refractivity contribution in [2.75, 3.05) is 17.2 Å². The Morgan fingerprint density at radius 1 is 1.17 bits per heavy atom. The predicted molar refractivity (Wildman–Crippen MR) is 111 cm³/mol. The van der Waals surface area contributed by atoms with Crippen molar-refractivity contribution in [3.63, 3.8) is 0 Å². The van der Waals surface area contributed by atoms with Crippen molar-refractivity contribution in [1.82, 2.24) is 20.2 Å². The van der Waals surface area contributed by atoms with Crippen LogP contribution in [-0.2, 0) is 23.0 Å². The molecule has 30 heavy (non-hydrogen) atoms. The highest BCUT2D eigenvalue weighted by Crippen LogP contribution is 2.34. The van der Waals surface area contributed by atoms with Crippen molar-refractivity contribution in [2.45, 2.75) is 20.3 Å². The third-order valence-corrected chi connectivity index (χ3v) is 5.35. The first kappa shape index (κ1) is 21.1. The molecule has 1 aromatic carbocycles. The second-order valence-corrected chi connectivity index (χ2v) is 7.27. The molecule has 0 saturated heterocycles. The van der Waals surface area contributed by atoms with E-state index in [1.165, 1.54) is 4.68 Å². The lowest BCUT2D eigenvalue weighted by atomic mass is 10.1. The van der Waals surface area contributed by atoms with Gasteiger partial charge in [0.1, 0.15) is 5.00 Å². The van der Waals surface area contributed by atoms with Gasteiger partial charge in [-0.05, 0) is 42.0 Å². The van der Waals surface area contributed by atoms with Crippen LogP contribution in [0.3, 0.4) is 0 Å². The van der Waals surface area contributed by atoms with Crippen LogP contribution in [0.1, 0.15) is 38.3 Å². The van der Waals surface area contributed by atoms with Gasteiger partial charge in [-0.15, -0.1) is 16.4 Å². The molecule has 0 aliphatic carbocycles. The second-order valence-electron chi connectivity index (χ2n) is 6.24. The maximum Gasteiger partial charge on any atom is 0.341 e. The molecule has 0 aliphatic heterocycles. The van der Waals surface area contributed by atoms with Gasteiger partial charge in [-0.3, -0.25) is 9.59 Å². The molecule has 2 heterocycles. The predicted octanol–water partition coefficient (Wildman–Crippen LogP) is 2.19. The number of nitrogens with one attached hydrogen (secondary N) is 2. The van der Waals surface area contributed by atoms with E-state index in [1.807, 2.05) is 6.07 Å². The van der Waals surface area contributed by atoms with E-state index in [-0.39, 0.29) is 29.5 Å². The Hall–Kier alpha value is -3.60. The summed E-state index contributed by atoms with van der Waals surface area (Å²) in [5.74, 6) is -1.05. The minimum atomic E-state index is -0.611. The third kappa shape index (κ3) is 4.69. The number of carbonyl (C=O) groups is 3. The number of anilines is 2. The molecule has 156 valence electrons. The van der Waals surface area contributed by atoms with E-state index in [2.05, 4.69) is 26.2 Å². The molecule has 0 atom stereocenters. The lowest BCUT2D eigenvalue weighted by Crippen LogP contribution is -2.18. The fourth-order valence-corrected chi connectivity index (χ4v) is 3.80. The van der Waals surface area contributed by atoms with Crippen LogP contribution in [0.25, 0.3) is 0 Å². The Morgan fingerprint density at radius 2 is 1.90 bits per heavy atom. The van der Waals surface area contributed by atoms with Crippen LogP contribution in [0.5, 0.6) is 0 Å².